The second-order valence-corrected chi connectivity index (χ2v) is 8.51. The maximum atomic E-state index is 12.2. The molecule has 0 atom stereocenters. The lowest BCUT2D eigenvalue weighted by molar-refractivity contribution is 0.0601. The van der Waals surface area contributed by atoms with Crippen molar-refractivity contribution >= 4 is 21.7 Å². The fourth-order valence-corrected chi connectivity index (χ4v) is 4.35. The molecule has 2 aromatic rings. The summed E-state index contributed by atoms with van der Waals surface area (Å²) in [7, 11) is -2.64. The van der Waals surface area contributed by atoms with Gasteiger partial charge in [0.2, 0.25) is 10.0 Å². The van der Waals surface area contributed by atoms with Crippen LogP contribution in [0.1, 0.15) is 41.6 Å². The van der Waals surface area contributed by atoms with Crippen LogP contribution in [-0.4, -0.2) is 28.0 Å². The van der Waals surface area contributed by atoms with Crippen LogP contribution in [0.4, 0.5) is 5.69 Å². The van der Waals surface area contributed by atoms with Crippen LogP contribution in [0, 0.1) is 0 Å². The van der Waals surface area contributed by atoms with Gasteiger partial charge in [-0.3, -0.25) is 0 Å². The number of rotatable bonds is 6. The third-order valence-electron chi connectivity index (χ3n) is 5.29. The summed E-state index contributed by atoms with van der Waals surface area (Å²) in [5, 5.41) is 8.54. The van der Waals surface area contributed by atoms with Crippen LogP contribution >= 0.6 is 0 Å². The molecule has 3 rings (SSSR count). The number of benzene rings is 2. The molecule has 6 nitrogen and oxygen atoms in total. The number of nitrogens with one attached hydrogen (secondary N) is 1. The largest absolute Gasteiger partial charge is 0.465 e. The lowest BCUT2D eigenvalue weighted by Gasteiger charge is -2.31. The van der Waals surface area contributed by atoms with E-state index in [1.807, 2.05) is 18.2 Å². The van der Waals surface area contributed by atoms with Gasteiger partial charge in [-0.25, -0.2) is 18.4 Å². The van der Waals surface area contributed by atoms with Crippen LogP contribution in [0.3, 0.4) is 0 Å². The van der Waals surface area contributed by atoms with Crippen molar-refractivity contribution in [2.24, 2.45) is 5.14 Å². The lowest BCUT2D eigenvalue weighted by atomic mass is 9.78. The minimum Gasteiger partial charge on any atom is -0.465 e. The van der Waals surface area contributed by atoms with Crippen molar-refractivity contribution in [1.29, 1.82) is 0 Å². The van der Waals surface area contributed by atoms with Crippen LogP contribution < -0.4 is 10.5 Å². The van der Waals surface area contributed by atoms with Crippen molar-refractivity contribution in [3.8, 4) is 0 Å². The summed E-state index contributed by atoms with van der Waals surface area (Å²) in [4.78, 5) is 12.0. The average molecular weight is 388 g/mol. The highest BCUT2D eigenvalue weighted by molar-refractivity contribution is 7.89. The molecule has 0 saturated heterocycles. The predicted molar refractivity (Wildman–Crippen MR) is 104 cm³/mol. The van der Waals surface area contributed by atoms with Gasteiger partial charge < -0.3 is 10.1 Å². The second kappa shape index (κ2) is 7.70. The van der Waals surface area contributed by atoms with E-state index >= 15 is 0 Å². The van der Waals surface area contributed by atoms with Gasteiger partial charge in [0.25, 0.3) is 0 Å². The van der Waals surface area contributed by atoms with Crippen molar-refractivity contribution in [2.45, 2.75) is 36.0 Å². The summed E-state index contributed by atoms with van der Waals surface area (Å²) in [5.74, 6) is -0.608. The van der Waals surface area contributed by atoms with Crippen molar-refractivity contribution < 1.29 is 17.9 Å². The molecule has 7 heteroatoms. The molecule has 1 fully saturated rings. The third-order valence-corrected chi connectivity index (χ3v) is 6.20. The Labute approximate surface area is 159 Å². The highest BCUT2D eigenvalue weighted by Gasteiger charge is 2.35. The first-order valence-corrected chi connectivity index (χ1v) is 10.4. The molecule has 0 heterocycles. The first kappa shape index (κ1) is 19.4. The van der Waals surface area contributed by atoms with Crippen LogP contribution in [-0.2, 0) is 20.2 Å². The number of anilines is 1. The molecule has 0 spiro atoms. The summed E-state index contributed by atoms with van der Waals surface area (Å²) in [6.45, 7) is 0.649. The second-order valence-electron chi connectivity index (χ2n) is 6.95. The molecular weight excluding hydrogens is 364 g/mol. The van der Waals surface area contributed by atoms with E-state index in [4.69, 9.17) is 9.88 Å². The molecule has 0 aliphatic heterocycles. The minimum atomic E-state index is -3.91. The lowest BCUT2D eigenvalue weighted by Crippen LogP contribution is -2.32. The number of sulfonamides is 1. The Kier molecular flexibility index (Phi) is 5.53. The zero-order valence-electron chi connectivity index (χ0n) is 15.3. The maximum absolute atomic E-state index is 12.2. The molecular formula is C20H24N2O4S. The Balaban J connectivity index is 1.91. The normalized spacial score (nSPS) is 16.1. The van der Waals surface area contributed by atoms with Gasteiger partial charge in [0.15, 0.2) is 0 Å². The van der Waals surface area contributed by atoms with Gasteiger partial charge in [0, 0.05) is 17.6 Å². The number of hydrogen-bond donors (Lipinski definition) is 2. The van der Waals surface area contributed by atoms with Gasteiger partial charge in [-0.05, 0) is 36.6 Å². The SMILES string of the molecule is COC(=O)c1cc(S(N)(=O)=O)ccc1NCC1(c2ccccc2)CCCC1. The van der Waals surface area contributed by atoms with Gasteiger partial charge >= 0.3 is 5.97 Å². The molecule has 0 bridgehead atoms. The number of nitrogens with two attached hydrogens (primary N) is 1. The van der Waals surface area contributed by atoms with Crippen molar-refractivity contribution in [3.05, 3.63) is 59.7 Å². The summed E-state index contributed by atoms with van der Waals surface area (Å²) in [5.41, 5.74) is 1.96. The number of carbonyl (C=O) groups excluding carboxylic acids is 1. The Morgan fingerprint density at radius 1 is 1.15 bits per heavy atom. The van der Waals surface area contributed by atoms with Crippen molar-refractivity contribution in [3.63, 3.8) is 0 Å². The molecule has 144 valence electrons. The molecule has 0 radical (unpaired) electrons. The monoisotopic (exact) mass is 388 g/mol. The summed E-state index contributed by atoms with van der Waals surface area (Å²) < 4.78 is 28.0. The summed E-state index contributed by atoms with van der Waals surface area (Å²) in [6.07, 6.45) is 4.44. The maximum Gasteiger partial charge on any atom is 0.340 e. The topological polar surface area (TPSA) is 98.5 Å². The van der Waals surface area contributed by atoms with E-state index in [1.54, 1.807) is 6.07 Å². The minimum absolute atomic E-state index is 0.00668. The smallest absolute Gasteiger partial charge is 0.340 e. The quantitative estimate of drug-likeness (QED) is 0.741. The molecule has 3 N–H and O–H groups in total. The van der Waals surface area contributed by atoms with Gasteiger partial charge in [0.05, 0.1) is 17.6 Å². The Bertz CT molecular complexity index is 920. The molecule has 0 unspecified atom stereocenters. The van der Waals surface area contributed by atoms with E-state index in [0.29, 0.717) is 12.2 Å². The highest BCUT2D eigenvalue weighted by atomic mass is 32.2. The summed E-state index contributed by atoms with van der Waals surface area (Å²) in [6, 6.07) is 14.6. The highest BCUT2D eigenvalue weighted by Crippen LogP contribution is 2.41. The van der Waals surface area contributed by atoms with Crippen LogP contribution in [0.2, 0.25) is 0 Å². The van der Waals surface area contributed by atoms with E-state index in [0.717, 1.165) is 25.7 Å². The number of carbonyl (C=O) groups is 1. The van der Waals surface area contributed by atoms with Crippen molar-refractivity contribution in [2.75, 3.05) is 19.0 Å². The van der Waals surface area contributed by atoms with Gasteiger partial charge in [0.1, 0.15) is 0 Å². The van der Waals surface area contributed by atoms with E-state index in [2.05, 4.69) is 17.4 Å². The zero-order chi connectivity index (χ0) is 19.5. The fourth-order valence-electron chi connectivity index (χ4n) is 3.81. The number of methoxy groups -OCH3 is 1. The van der Waals surface area contributed by atoms with E-state index < -0.39 is 16.0 Å². The van der Waals surface area contributed by atoms with Crippen LogP contribution in [0.25, 0.3) is 0 Å². The Hall–Kier alpha value is -2.38. The third kappa shape index (κ3) is 4.14. The van der Waals surface area contributed by atoms with Crippen molar-refractivity contribution in [1.82, 2.24) is 0 Å². The number of ether oxygens (including phenoxy) is 1. The number of primary sulfonamides is 1. The van der Waals surface area contributed by atoms with Gasteiger partial charge in [-0.15, -0.1) is 0 Å². The fraction of sp³-hybridized carbons (Fsp3) is 0.350. The average Bonchev–Trinajstić information content (AvgIpc) is 3.16. The first-order chi connectivity index (χ1) is 12.9. The molecule has 0 aromatic heterocycles. The standard InChI is InChI=1S/C20H24N2O4S/c1-26-19(23)17-13-16(27(21,24)25)9-10-18(17)22-14-20(11-5-6-12-20)15-7-3-2-4-8-15/h2-4,7-10,13,22H,5-6,11-12,14H2,1H3,(H2,21,24,25). The first-order valence-electron chi connectivity index (χ1n) is 8.90. The van der Waals surface area contributed by atoms with Crippen LogP contribution in [0.15, 0.2) is 53.4 Å². The molecule has 1 aliphatic carbocycles. The molecule has 2 aromatic carbocycles. The Morgan fingerprint density at radius 3 is 2.41 bits per heavy atom. The molecule has 27 heavy (non-hydrogen) atoms. The van der Waals surface area contributed by atoms with Crippen LogP contribution in [0.5, 0.6) is 0 Å². The molecule has 1 saturated carbocycles. The summed E-state index contributed by atoms with van der Waals surface area (Å²) >= 11 is 0. The van der Waals surface area contributed by atoms with Gasteiger partial charge in [-0.1, -0.05) is 43.2 Å². The van der Waals surface area contributed by atoms with E-state index in [1.165, 1.54) is 24.8 Å². The number of esters is 1. The number of hydrogen-bond acceptors (Lipinski definition) is 5. The van der Waals surface area contributed by atoms with Gasteiger partial charge in [-0.2, -0.15) is 0 Å². The van der Waals surface area contributed by atoms with E-state index in [9.17, 15) is 13.2 Å². The zero-order valence-corrected chi connectivity index (χ0v) is 16.1. The molecule has 0 amide bonds. The molecule has 1 aliphatic rings. The predicted octanol–water partition coefficient (Wildman–Crippen LogP) is 3.04. The van der Waals surface area contributed by atoms with E-state index in [-0.39, 0.29) is 15.9 Å². The Morgan fingerprint density at radius 2 is 1.81 bits per heavy atom.